The Balaban J connectivity index is 0.00000137. The lowest BCUT2D eigenvalue weighted by atomic mass is 10.1. The van der Waals surface area contributed by atoms with Gasteiger partial charge in [-0.15, -0.1) is 24.6 Å². The van der Waals surface area contributed by atoms with Gasteiger partial charge in [-0.3, -0.25) is 4.79 Å². The van der Waals surface area contributed by atoms with Crippen molar-refractivity contribution in [1.82, 2.24) is 4.90 Å². The number of aliphatic hydroxyl groups is 1. The van der Waals surface area contributed by atoms with Crippen LogP contribution in [0.2, 0.25) is 0 Å². The van der Waals surface area contributed by atoms with Gasteiger partial charge in [-0.1, -0.05) is 0 Å². The number of carbonyl (C=O) groups is 1. The van der Waals surface area contributed by atoms with E-state index in [4.69, 9.17) is 5.73 Å². The van der Waals surface area contributed by atoms with Crippen molar-refractivity contribution >= 4 is 17.7 Å². The van der Waals surface area contributed by atoms with E-state index in [2.05, 4.69) is 12.8 Å². The first-order valence-corrected chi connectivity index (χ1v) is 7.12. The number of hydrogen-bond acceptors (Lipinski definition) is 4. The molecule has 1 rings (SSSR count). The fourth-order valence-corrected chi connectivity index (χ4v) is 2.33. The zero-order chi connectivity index (χ0) is 14.1. The fraction of sp³-hybridized carbons (Fsp3) is 0.615. The summed E-state index contributed by atoms with van der Waals surface area (Å²) in [6.45, 7) is 3.33. The van der Waals surface area contributed by atoms with Crippen LogP contribution in [0.15, 0.2) is 11.0 Å². The quantitative estimate of drug-likeness (QED) is 0.742. The van der Waals surface area contributed by atoms with Crippen LogP contribution in [0.4, 0.5) is 0 Å². The third-order valence-electron chi connectivity index (χ3n) is 2.81. The summed E-state index contributed by atoms with van der Waals surface area (Å²) in [4.78, 5) is 13.6. The van der Waals surface area contributed by atoms with E-state index >= 15 is 0 Å². The van der Waals surface area contributed by atoms with Crippen LogP contribution in [-0.4, -0.2) is 47.4 Å². The lowest BCUT2D eigenvalue weighted by Gasteiger charge is -2.24. The molecule has 2 unspecified atom stereocenters. The predicted molar refractivity (Wildman–Crippen MR) is 77.0 cm³/mol. The molecule has 5 heteroatoms. The number of likely N-dealkylation sites (tertiary alicyclic amines) is 1. The first-order chi connectivity index (χ1) is 8.57. The van der Waals surface area contributed by atoms with Crippen molar-refractivity contribution < 1.29 is 9.90 Å². The van der Waals surface area contributed by atoms with Crippen molar-refractivity contribution in [2.45, 2.75) is 31.9 Å². The average Bonchev–Trinajstić information content (AvgIpc) is 2.92. The molecule has 1 saturated heterocycles. The standard InChI is InChI=1S/C11H20N2O2S.C2H2/c1-8(7-16-2)10(14)9(12)11(15)13-5-3-4-6-13;1-2/h7,9-10,14H,3-6,12H2,1-2H3;1-2H/b8-7+;. The number of nitrogens with two attached hydrogens (primary N) is 1. The molecule has 1 heterocycles. The van der Waals surface area contributed by atoms with E-state index in [1.165, 1.54) is 11.8 Å². The summed E-state index contributed by atoms with van der Waals surface area (Å²) < 4.78 is 0. The summed E-state index contributed by atoms with van der Waals surface area (Å²) >= 11 is 1.50. The van der Waals surface area contributed by atoms with E-state index in [1.807, 2.05) is 11.7 Å². The number of rotatable bonds is 4. The van der Waals surface area contributed by atoms with Gasteiger partial charge in [0.15, 0.2) is 0 Å². The molecule has 0 aromatic rings. The van der Waals surface area contributed by atoms with Crippen LogP contribution < -0.4 is 5.73 Å². The molecule has 0 saturated carbocycles. The highest BCUT2D eigenvalue weighted by atomic mass is 32.2. The zero-order valence-corrected chi connectivity index (χ0v) is 11.8. The van der Waals surface area contributed by atoms with Crippen LogP contribution in [0.5, 0.6) is 0 Å². The second-order valence-corrected chi connectivity index (χ2v) is 4.81. The summed E-state index contributed by atoms with van der Waals surface area (Å²) in [5.74, 6) is -0.140. The predicted octanol–water partition coefficient (Wildman–Crippen LogP) is 0.813. The van der Waals surface area contributed by atoms with E-state index in [9.17, 15) is 9.90 Å². The molecule has 1 aliphatic heterocycles. The maximum atomic E-state index is 11.9. The number of carbonyl (C=O) groups excluding carboxylic acids is 1. The average molecular weight is 270 g/mol. The highest BCUT2D eigenvalue weighted by Crippen LogP contribution is 2.14. The Morgan fingerprint density at radius 3 is 2.39 bits per heavy atom. The maximum absolute atomic E-state index is 11.9. The number of nitrogens with zero attached hydrogens (tertiary/aromatic N) is 1. The molecule has 2 atom stereocenters. The summed E-state index contributed by atoms with van der Waals surface area (Å²) in [5, 5.41) is 11.7. The highest BCUT2D eigenvalue weighted by molar-refractivity contribution is 8.01. The van der Waals surface area contributed by atoms with Crippen molar-refractivity contribution in [2.24, 2.45) is 5.73 Å². The number of hydrogen-bond donors (Lipinski definition) is 2. The fourth-order valence-electron chi connectivity index (χ4n) is 1.82. The Hall–Kier alpha value is -0.960. The second kappa shape index (κ2) is 9.03. The molecule has 0 radical (unpaired) electrons. The van der Waals surface area contributed by atoms with Gasteiger partial charge in [0.1, 0.15) is 6.04 Å². The van der Waals surface area contributed by atoms with E-state index in [1.54, 1.807) is 11.8 Å². The van der Waals surface area contributed by atoms with E-state index in [0.717, 1.165) is 31.5 Å². The molecule has 18 heavy (non-hydrogen) atoms. The van der Waals surface area contributed by atoms with Gasteiger partial charge in [0, 0.05) is 13.1 Å². The SMILES string of the molecule is C#C.CS/C=C(\C)C(O)C(N)C(=O)N1CCCC1. The Morgan fingerprint density at radius 1 is 1.44 bits per heavy atom. The van der Waals surface area contributed by atoms with Crippen LogP contribution >= 0.6 is 11.8 Å². The third kappa shape index (κ3) is 4.73. The van der Waals surface area contributed by atoms with Gasteiger partial charge in [-0.05, 0) is 37.0 Å². The first kappa shape index (κ1) is 17.0. The van der Waals surface area contributed by atoms with Crippen LogP contribution in [0, 0.1) is 12.8 Å². The smallest absolute Gasteiger partial charge is 0.242 e. The largest absolute Gasteiger partial charge is 0.387 e. The summed E-state index contributed by atoms with van der Waals surface area (Å²) in [5.41, 5.74) is 6.52. The van der Waals surface area contributed by atoms with Crippen molar-refractivity contribution in [3.8, 4) is 12.8 Å². The minimum absolute atomic E-state index is 0.140. The van der Waals surface area contributed by atoms with Crippen molar-refractivity contribution in [3.05, 3.63) is 11.0 Å². The third-order valence-corrected chi connectivity index (χ3v) is 3.42. The molecule has 1 fully saturated rings. The first-order valence-electron chi connectivity index (χ1n) is 5.83. The molecule has 102 valence electrons. The van der Waals surface area contributed by atoms with Gasteiger partial charge in [-0.2, -0.15) is 0 Å². The van der Waals surface area contributed by atoms with Gasteiger partial charge < -0.3 is 15.7 Å². The molecular weight excluding hydrogens is 248 g/mol. The minimum atomic E-state index is -0.874. The van der Waals surface area contributed by atoms with Crippen molar-refractivity contribution in [1.29, 1.82) is 0 Å². The lowest BCUT2D eigenvalue weighted by molar-refractivity contribution is -0.133. The van der Waals surface area contributed by atoms with Gasteiger partial charge in [0.05, 0.1) is 6.10 Å². The number of thioether (sulfide) groups is 1. The Bertz CT molecular complexity index is 309. The summed E-state index contributed by atoms with van der Waals surface area (Å²) in [7, 11) is 0. The number of amides is 1. The van der Waals surface area contributed by atoms with Crippen LogP contribution in [0.3, 0.4) is 0 Å². The molecular formula is C13H22N2O2S. The normalized spacial score (nSPS) is 18.8. The summed E-state index contributed by atoms with van der Waals surface area (Å²) in [6, 6.07) is -0.832. The Labute approximate surface area is 114 Å². The van der Waals surface area contributed by atoms with Crippen LogP contribution in [-0.2, 0) is 4.79 Å². The van der Waals surface area contributed by atoms with Gasteiger partial charge in [-0.25, -0.2) is 0 Å². The second-order valence-electron chi connectivity index (χ2n) is 4.10. The Morgan fingerprint density at radius 2 is 1.94 bits per heavy atom. The number of terminal acetylenes is 1. The topological polar surface area (TPSA) is 66.6 Å². The lowest BCUT2D eigenvalue weighted by Crippen LogP contribution is -2.49. The minimum Gasteiger partial charge on any atom is -0.387 e. The van der Waals surface area contributed by atoms with E-state index in [-0.39, 0.29) is 5.91 Å². The zero-order valence-electron chi connectivity index (χ0n) is 11.0. The van der Waals surface area contributed by atoms with Gasteiger partial charge >= 0.3 is 0 Å². The van der Waals surface area contributed by atoms with E-state index < -0.39 is 12.1 Å². The van der Waals surface area contributed by atoms with Crippen molar-refractivity contribution in [3.63, 3.8) is 0 Å². The van der Waals surface area contributed by atoms with E-state index in [0.29, 0.717) is 0 Å². The molecule has 1 amide bonds. The molecule has 0 aliphatic carbocycles. The van der Waals surface area contributed by atoms with Crippen LogP contribution in [0.25, 0.3) is 0 Å². The maximum Gasteiger partial charge on any atom is 0.242 e. The molecule has 0 bridgehead atoms. The number of aliphatic hydroxyl groups excluding tert-OH is 1. The molecule has 0 aromatic carbocycles. The molecule has 0 spiro atoms. The molecule has 3 N–H and O–H groups in total. The summed E-state index contributed by atoms with van der Waals surface area (Å²) in [6.07, 6.45) is 11.1. The molecule has 0 aromatic heterocycles. The molecule has 1 aliphatic rings. The highest BCUT2D eigenvalue weighted by Gasteiger charge is 2.29. The Kier molecular flexibility index (Phi) is 8.55. The van der Waals surface area contributed by atoms with Crippen molar-refractivity contribution in [2.75, 3.05) is 19.3 Å². The van der Waals surface area contributed by atoms with Gasteiger partial charge in [0.2, 0.25) is 5.91 Å². The van der Waals surface area contributed by atoms with Crippen LogP contribution in [0.1, 0.15) is 19.8 Å². The monoisotopic (exact) mass is 270 g/mol. The van der Waals surface area contributed by atoms with Gasteiger partial charge in [0.25, 0.3) is 0 Å². The molecule has 4 nitrogen and oxygen atoms in total.